The standard InChI is InChI=1S/C14H13FN2O2/c1-9(18)10-2-5-12(6-3-10)17-14(19)13-7-4-11(15)8-16-13/h2-9,18H,1H3,(H,17,19). The summed E-state index contributed by atoms with van der Waals surface area (Å²) >= 11 is 0. The minimum Gasteiger partial charge on any atom is -0.389 e. The second-order valence-corrected chi connectivity index (χ2v) is 4.11. The molecule has 2 rings (SSSR count). The van der Waals surface area contributed by atoms with Crippen LogP contribution < -0.4 is 5.32 Å². The van der Waals surface area contributed by atoms with Crippen molar-refractivity contribution in [2.75, 3.05) is 5.32 Å². The Morgan fingerprint density at radius 2 is 1.95 bits per heavy atom. The van der Waals surface area contributed by atoms with Gasteiger partial charge < -0.3 is 10.4 Å². The first kappa shape index (κ1) is 13.2. The molecular weight excluding hydrogens is 247 g/mol. The van der Waals surface area contributed by atoms with Crippen LogP contribution in [0.4, 0.5) is 10.1 Å². The Morgan fingerprint density at radius 3 is 2.47 bits per heavy atom. The summed E-state index contributed by atoms with van der Waals surface area (Å²) in [7, 11) is 0. The van der Waals surface area contributed by atoms with Gasteiger partial charge in [0.2, 0.25) is 0 Å². The van der Waals surface area contributed by atoms with Gasteiger partial charge >= 0.3 is 0 Å². The third-order valence-electron chi connectivity index (χ3n) is 2.61. The third-order valence-corrected chi connectivity index (χ3v) is 2.61. The summed E-state index contributed by atoms with van der Waals surface area (Å²) in [6, 6.07) is 9.30. The van der Waals surface area contributed by atoms with Crippen LogP contribution >= 0.6 is 0 Å². The summed E-state index contributed by atoms with van der Waals surface area (Å²) < 4.78 is 12.7. The number of carbonyl (C=O) groups excluding carboxylic acids is 1. The summed E-state index contributed by atoms with van der Waals surface area (Å²) in [5, 5.41) is 12.0. The Balaban J connectivity index is 2.08. The Labute approximate surface area is 109 Å². The highest BCUT2D eigenvalue weighted by Gasteiger charge is 2.08. The lowest BCUT2D eigenvalue weighted by Gasteiger charge is -2.07. The molecule has 1 aromatic carbocycles. The molecule has 1 amide bonds. The summed E-state index contributed by atoms with van der Waals surface area (Å²) in [4.78, 5) is 15.5. The second kappa shape index (κ2) is 5.58. The van der Waals surface area contributed by atoms with Crippen molar-refractivity contribution in [3.63, 3.8) is 0 Å². The minimum atomic E-state index is -0.552. The Bertz CT molecular complexity index is 565. The van der Waals surface area contributed by atoms with Crippen molar-refractivity contribution in [2.24, 2.45) is 0 Å². The number of aliphatic hydroxyl groups is 1. The molecule has 0 radical (unpaired) electrons. The normalized spacial score (nSPS) is 11.9. The van der Waals surface area contributed by atoms with Crippen molar-refractivity contribution in [3.8, 4) is 0 Å². The van der Waals surface area contributed by atoms with Gasteiger partial charge in [-0.2, -0.15) is 0 Å². The van der Waals surface area contributed by atoms with Crippen LogP contribution in [0.2, 0.25) is 0 Å². The maximum Gasteiger partial charge on any atom is 0.274 e. The summed E-state index contributed by atoms with van der Waals surface area (Å²) in [5.74, 6) is -0.900. The number of rotatable bonds is 3. The van der Waals surface area contributed by atoms with Crippen LogP contribution in [-0.4, -0.2) is 16.0 Å². The van der Waals surface area contributed by atoms with E-state index >= 15 is 0 Å². The zero-order valence-electron chi connectivity index (χ0n) is 10.3. The summed E-state index contributed by atoms with van der Waals surface area (Å²) in [6.07, 6.45) is 0.439. The molecule has 0 bridgehead atoms. The van der Waals surface area contributed by atoms with Gasteiger partial charge in [0.1, 0.15) is 11.5 Å². The molecule has 1 heterocycles. The number of hydrogen-bond acceptors (Lipinski definition) is 3. The number of aromatic nitrogens is 1. The number of carbonyl (C=O) groups is 1. The van der Waals surface area contributed by atoms with Gasteiger partial charge in [-0.15, -0.1) is 0 Å². The Hall–Kier alpha value is -2.27. The van der Waals surface area contributed by atoms with Gasteiger partial charge in [0.25, 0.3) is 5.91 Å². The van der Waals surface area contributed by atoms with Crippen molar-refractivity contribution >= 4 is 11.6 Å². The maximum atomic E-state index is 12.7. The predicted octanol–water partition coefficient (Wildman–Crippen LogP) is 2.53. The first-order valence-corrected chi connectivity index (χ1v) is 5.77. The number of benzene rings is 1. The molecule has 0 spiro atoms. The fourth-order valence-electron chi connectivity index (χ4n) is 1.55. The van der Waals surface area contributed by atoms with Crippen LogP contribution in [0.1, 0.15) is 29.1 Å². The molecule has 0 aliphatic heterocycles. The predicted molar refractivity (Wildman–Crippen MR) is 69.2 cm³/mol. The van der Waals surface area contributed by atoms with Gasteiger partial charge in [0.15, 0.2) is 0 Å². The lowest BCUT2D eigenvalue weighted by molar-refractivity contribution is 0.102. The van der Waals surface area contributed by atoms with E-state index in [0.717, 1.165) is 11.8 Å². The first-order valence-electron chi connectivity index (χ1n) is 5.77. The third kappa shape index (κ3) is 3.35. The zero-order chi connectivity index (χ0) is 13.8. The van der Waals surface area contributed by atoms with Crippen LogP contribution in [0.5, 0.6) is 0 Å². The van der Waals surface area contributed by atoms with Crippen molar-refractivity contribution in [1.29, 1.82) is 0 Å². The Morgan fingerprint density at radius 1 is 1.26 bits per heavy atom. The maximum absolute atomic E-state index is 12.7. The van der Waals surface area contributed by atoms with Crippen LogP contribution in [-0.2, 0) is 0 Å². The SMILES string of the molecule is CC(O)c1ccc(NC(=O)c2ccc(F)cn2)cc1. The minimum absolute atomic E-state index is 0.140. The molecule has 1 aromatic heterocycles. The smallest absolute Gasteiger partial charge is 0.274 e. The topological polar surface area (TPSA) is 62.2 Å². The number of halogens is 1. The number of aliphatic hydroxyl groups excluding tert-OH is 1. The van der Waals surface area contributed by atoms with Crippen LogP contribution in [0.25, 0.3) is 0 Å². The van der Waals surface area contributed by atoms with Crippen LogP contribution in [0, 0.1) is 5.82 Å². The van der Waals surface area contributed by atoms with E-state index in [2.05, 4.69) is 10.3 Å². The van der Waals surface area contributed by atoms with E-state index in [1.165, 1.54) is 12.1 Å². The number of hydrogen-bond donors (Lipinski definition) is 2. The van der Waals surface area contributed by atoms with Gasteiger partial charge in [-0.3, -0.25) is 4.79 Å². The van der Waals surface area contributed by atoms with E-state index in [9.17, 15) is 14.3 Å². The molecule has 2 N–H and O–H groups in total. The molecule has 1 atom stereocenters. The highest BCUT2D eigenvalue weighted by Crippen LogP contribution is 2.16. The average molecular weight is 260 g/mol. The number of nitrogens with one attached hydrogen (secondary N) is 1. The number of amides is 1. The zero-order valence-corrected chi connectivity index (χ0v) is 10.3. The number of anilines is 1. The van der Waals surface area contributed by atoms with Gasteiger partial charge in [-0.25, -0.2) is 9.37 Å². The van der Waals surface area contributed by atoms with Gasteiger partial charge in [-0.1, -0.05) is 12.1 Å². The van der Waals surface area contributed by atoms with E-state index in [1.807, 2.05) is 0 Å². The molecule has 98 valence electrons. The highest BCUT2D eigenvalue weighted by atomic mass is 19.1. The van der Waals surface area contributed by atoms with Gasteiger partial charge in [0, 0.05) is 5.69 Å². The van der Waals surface area contributed by atoms with Crippen LogP contribution in [0.3, 0.4) is 0 Å². The molecule has 1 unspecified atom stereocenters. The monoisotopic (exact) mass is 260 g/mol. The van der Waals surface area contributed by atoms with E-state index < -0.39 is 17.8 Å². The summed E-state index contributed by atoms with van der Waals surface area (Å²) in [5.41, 5.74) is 1.49. The fraction of sp³-hybridized carbons (Fsp3) is 0.143. The van der Waals surface area contributed by atoms with E-state index in [4.69, 9.17) is 0 Å². The molecule has 2 aromatic rings. The van der Waals surface area contributed by atoms with Crippen molar-refractivity contribution in [2.45, 2.75) is 13.0 Å². The van der Waals surface area contributed by atoms with E-state index in [1.54, 1.807) is 31.2 Å². The molecule has 5 heteroatoms. The second-order valence-electron chi connectivity index (χ2n) is 4.11. The van der Waals surface area contributed by atoms with Crippen molar-refractivity contribution in [1.82, 2.24) is 4.98 Å². The van der Waals surface area contributed by atoms with Crippen molar-refractivity contribution < 1.29 is 14.3 Å². The Kier molecular flexibility index (Phi) is 3.87. The van der Waals surface area contributed by atoms with Crippen molar-refractivity contribution in [3.05, 3.63) is 59.7 Å². The fourth-order valence-corrected chi connectivity index (χ4v) is 1.55. The quantitative estimate of drug-likeness (QED) is 0.891. The molecular formula is C14H13FN2O2. The van der Waals surface area contributed by atoms with Gasteiger partial charge in [0.05, 0.1) is 12.3 Å². The van der Waals surface area contributed by atoms with E-state index in [0.29, 0.717) is 5.69 Å². The largest absolute Gasteiger partial charge is 0.389 e. The molecule has 0 saturated heterocycles. The molecule has 0 aliphatic carbocycles. The molecule has 4 nitrogen and oxygen atoms in total. The lowest BCUT2D eigenvalue weighted by atomic mass is 10.1. The molecule has 19 heavy (non-hydrogen) atoms. The number of nitrogens with zero attached hydrogens (tertiary/aromatic N) is 1. The average Bonchev–Trinajstić information content (AvgIpc) is 2.40. The molecule has 0 saturated carbocycles. The molecule has 0 aliphatic rings. The summed E-state index contributed by atoms with van der Waals surface area (Å²) in [6.45, 7) is 1.66. The van der Waals surface area contributed by atoms with E-state index in [-0.39, 0.29) is 5.69 Å². The van der Waals surface area contributed by atoms with Gasteiger partial charge in [-0.05, 0) is 36.8 Å². The number of pyridine rings is 1. The lowest BCUT2D eigenvalue weighted by Crippen LogP contribution is -2.13. The van der Waals surface area contributed by atoms with Crippen LogP contribution in [0.15, 0.2) is 42.6 Å². The molecule has 0 fully saturated rings. The first-order chi connectivity index (χ1) is 9.06. The highest BCUT2D eigenvalue weighted by molar-refractivity contribution is 6.02.